The topological polar surface area (TPSA) is 46.2 Å². The van der Waals surface area contributed by atoms with E-state index in [0.717, 1.165) is 31.2 Å². The highest BCUT2D eigenvalue weighted by Gasteiger charge is 2.55. The van der Waals surface area contributed by atoms with E-state index in [0.29, 0.717) is 22.7 Å². The third kappa shape index (κ3) is 2.29. The van der Waals surface area contributed by atoms with Crippen molar-refractivity contribution in [3.05, 3.63) is 12.2 Å². The van der Waals surface area contributed by atoms with Crippen LogP contribution in [0.3, 0.4) is 0 Å². The Hall–Kier alpha value is -0.340. The first-order valence-electron chi connectivity index (χ1n) is 9.39. The molecule has 0 saturated heterocycles. The summed E-state index contributed by atoms with van der Waals surface area (Å²) >= 11 is 0. The van der Waals surface area contributed by atoms with Gasteiger partial charge in [-0.25, -0.2) is 0 Å². The van der Waals surface area contributed by atoms with Crippen molar-refractivity contribution in [1.29, 1.82) is 0 Å². The van der Waals surface area contributed by atoms with E-state index in [1.807, 2.05) is 0 Å². The molecule has 3 fully saturated rings. The molecule has 3 N–H and O–H groups in total. The maximum absolute atomic E-state index is 10.0. The molecule has 2 heteroatoms. The molecule has 3 saturated carbocycles. The van der Waals surface area contributed by atoms with Crippen molar-refractivity contribution in [2.45, 2.75) is 71.8 Å². The van der Waals surface area contributed by atoms with Crippen LogP contribution in [0.2, 0.25) is 0 Å². The molecular weight excluding hydrogens is 270 g/mol. The molecule has 0 bridgehead atoms. The maximum atomic E-state index is 10.0. The fourth-order valence-corrected chi connectivity index (χ4v) is 6.41. The second kappa shape index (κ2) is 5.63. The number of rotatable bonds is 2. The molecule has 0 spiro atoms. The Bertz CT molecular complexity index is 447. The average molecular weight is 306 g/mol. The van der Waals surface area contributed by atoms with E-state index < -0.39 is 0 Å². The molecule has 0 heterocycles. The lowest BCUT2D eigenvalue weighted by molar-refractivity contribution is -0.0734. The van der Waals surface area contributed by atoms with Gasteiger partial charge in [0.05, 0.1) is 6.10 Å². The van der Waals surface area contributed by atoms with Crippen molar-refractivity contribution < 1.29 is 5.11 Å². The van der Waals surface area contributed by atoms with Gasteiger partial charge in [-0.1, -0.05) is 32.9 Å². The number of aliphatic hydroxyl groups excluding tert-OH is 1. The van der Waals surface area contributed by atoms with Crippen LogP contribution in [0.25, 0.3) is 0 Å². The zero-order valence-corrected chi connectivity index (χ0v) is 14.8. The number of nitrogens with two attached hydrogens (primary N) is 1. The first-order valence-corrected chi connectivity index (χ1v) is 9.39. The largest absolute Gasteiger partial charge is 0.393 e. The zero-order valence-electron chi connectivity index (χ0n) is 14.8. The molecular formula is C20H35NO. The van der Waals surface area contributed by atoms with Gasteiger partial charge in [0.15, 0.2) is 0 Å². The van der Waals surface area contributed by atoms with Gasteiger partial charge in [-0.05, 0) is 86.0 Å². The first kappa shape index (κ1) is 16.5. The molecule has 3 rings (SSSR count). The van der Waals surface area contributed by atoms with Gasteiger partial charge in [0, 0.05) is 0 Å². The summed E-state index contributed by atoms with van der Waals surface area (Å²) in [6.07, 6.45) is 8.12. The van der Waals surface area contributed by atoms with E-state index in [1.165, 1.54) is 37.7 Å². The summed E-state index contributed by atoms with van der Waals surface area (Å²) in [5, 5.41) is 10.0. The molecule has 22 heavy (non-hydrogen) atoms. The second-order valence-corrected chi connectivity index (χ2v) is 9.05. The van der Waals surface area contributed by atoms with Gasteiger partial charge in [-0.15, -0.1) is 0 Å². The summed E-state index contributed by atoms with van der Waals surface area (Å²) in [5.74, 6) is 2.70. The molecule has 0 radical (unpaired) electrons. The van der Waals surface area contributed by atoms with E-state index in [9.17, 15) is 5.11 Å². The molecule has 0 aliphatic heterocycles. The van der Waals surface area contributed by atoms with Crippen LogP contribution in [-0.4, -0.2) is 17.8 Å². The highest BCUT2D eigenvalue weighted by molar-refractivity contribution is 5.20. The third-order valence-corrected chi connectivity index (χ3v) is 8.28. The van der Waals surface area contributed by atoms with Crippen molar-refractivity contribution in [2.24, 2.45) is 40.2 Å². The van der Waals surface area contributed by atoms with Gasteiger partial charge in [0.1, 0.15) is 0 Å². The lowest BCUT2D eigenvalue weighted by Crippen LogP contribution is -2.51. The highest BCUT2D eigenvalue weighted by atomic mass is 16.3. The summed E-state index contributed by atoms with van der Waals surface area (Å²) in [5.41, 5.74) is 8.49. The SMILES string of the molecule is C=C1CCC2[C@H](CN)C(C3(C)CCC(O)CC3C)CCC12C. The van der Waals surface area contributed by atoms with Gasteiger partial charge in [0.25, 0.3) is 0 Å². The van der Waals surface area contributed by atoms with E-state index in [1.54, 1.807) is 0 Å². The lowest BCUT2D eigenvalue weighted by Gasteiger charge is -2.56. The Morgan fingerprint density at radius 1 is 1.18 bits per heavy atom. The Balaban J connectivity index is 1.87. The van der Waals surface area contributed by atoms with Crippen molar-refractivity contribution in [2.75, 3.05) is 6.54 Å². The van der Waals surface area contributed by atoms with Crippen LogP contribution in [0.1, 0.15) is 65.7 Å². The second-order valence-electron chi connectivity index (χ2n) is 9.05. The minimum absolute atomic E-state index is 0.0838. The maximum Gasteiger partial charge on any atom is 0.0543 e. The molecule has 0 aromatic rings. The van der Waals surface area contributed by atoms with Crippen LogP contribution in [0, 0.1) is 34.5 Å². The molecule has 7 atom stereocenters. The Morgan fingerprint density at radius 2 is 1.91 bits per heavy atom. The number of aliphatic hydroxyl groups is 1. The summed E-state index contributed by atoms with van der Waals surface area (Å²) in [4.78, 5) is 0. The quantitative estimate of drug-likeness (QED) is 0.753. The molecule has 3 aliphatic rings. The number of fused-ring (bicyclic) bond motifs is 1. The van der Waals surface area contributed by atoms with E-state index >= 15 is 0 Å². The molecule has 3 aliphatic carbocycles. The van der Waals surface area contributed by atoms with Crippen LogP contribution in [0.4, 0.5) is 0 Å². The number of hydrogen-bond donors (Lipinski definition) is 2. The fraction of sp³-hybridized carbons (Fsp3) is 0.900. The molecule has 2 nitrogen and oxygen atoms in total. The minimum atomic E-state index is -0.0838. The van der Waals surface area contributed by atoms with E-state index in [2.05, 4.69) is 27.4 Å². The monoisotopic (exact) mass is 305 g/mol. The Morgan fingerprint density at radius 3 is 2.55 bits per heavy atom. The third-order valence-electron chi connectivity index (χ3n) is 8.28. The van der Waals surface area contributed by atoms with Gasteiger partial charge in [-0.2, -0.15) is 0 Å². The lowest BCUT2D eigenvalue weighted by atomic mass is 9.49. The van der Waals surface area contributed by atoms with Crippen molar-refractivity contribution in [1.82, 2.24) is 0 Å². The fourth-order valence-electron chi connectivity index (χ4n) is 6.41. The molecule has 0 aromatic carbocycles. The Kier molecular flexibility index (Phi) is 4.23. The van der Waals surface area contributed by atoms with Crippen LogP contribution >= 0.6 is 0 Å². The number of allylic oxidation sites excluding steroid dienone is 1. The first-order chi connectivity index (χ1) is 10.3. The average Bonchev–Trinajstić information content (AvgIpc) is 2.78. The van der Waals surface area contributed by atoms with Crippen molar-refractivity contribution in [3.63, 3.8) is 0 Å². The molecule has 0 amide bonds. The van der Waals surface area contributed by atoms with Crippen molar-refractivity contribution >= 4 is 0 Å². The predicted octanol–water partition coefficient (Wildman–Crippen LogP) is 4.13. The summed E-state index contributed by atoms with van der Waals surface area (Å²) in [7, 11) is 0. The summed E-state index contributed by atoms with van der Waals surface area (Å²) in [6.45, 7) is 12.5. The van der Waals surface area contributed by atoms with Gasteiger partial charge >= 0.3 is 0 Å². The van der Waals surface area contributed by atoms with Crippen LogP contribution in [0.15, 0.2) is 12.2 Å². The van der Waals surface area contributed by atoms with E-state index in [4.69, 9.17) is 5.73 Å². The highest BCUT2D eigenvalue weighted by Crippen LogP contribution is 2.63. The summed E-state index contributed by atoms with van der Waals surface area (Å²) in [6, 6.07) is 0. The summed E-state index contributed by atoms with van der Waals surface area (Å²) < 4.78 is 0. The van der Waals surface area contributed by atoms with Gasteiger partial charge in [-0.3, -0.25) is 0 Å². The molecule has 0 aromatic heterocycles. The van der Waals surface area contributed by atoms with Crippen LogP contribution in [0.5, 0.6) is 0 Å². The smallest absolute Gasteiger partial charge is 0.0543 e. The molecule has 126 valence electrons. The van der Waals surface area contributed by atoms with Crippen LogP contribution < -0.4 is 5.73 Å². The standard InChI is InChI=1S/C20H35NO/c1-13-5-6-17-16(12-21)18(8-10-19(13,17)3)20(4)9-7-15(22)11-14(20)2/h14-18,22H,1,5-12,21H2,2-4H3/t14?,15?,16-,17?,18?,19?,20?/m0/s1. The van der Waals surface area contributed by atoms with E-state index in [-0.39, 0.29) is 6.10 Å². The Labute approximate surface area is 136 Å². The van der Waals surface area contributed by atoms with Gasteiger partial charge < -0.3 is 10.8 Å². The minimum Gasteiger partial charge on any atom is -0.393 e. The number of hydrogen-bond acceptors (Lipinski definition) is 2. The predicted molar refractivity (Wildman–Crippen MR) is 92.4 cm³/mol. The van der Waals surface area contributed by atoms with Gasteiger partial charge in [0.2, 0.25) is 0 Å². The normalized spacial score (nSPS) is 52.6. The zero-order chi connectivity index (χ0) is 16.1. The van der Waals surface area contributed by atoms with Crippen LogP contribution in [-0.2, 0) is 0 Å². The van der Waals surface area contributed by atoms with Crippen molar-refractivity contribution in [3.8, 4) is 0 Å². The molecule has 6 unspecified atom stereocenters.